The van der Waals surface area contributed by atoms with Gasteiger partial charge in [-0.05, 0) is 54.7 Å². The van der Waals surface area contributed by atoms with Gasteiger partial charge >= 0.3 is 6.09 Å². The lowest BCUT2D eigenvalue weighted by molar-refractivity contribution is -0.119. The van der Waals surface area contributed by atoms with Gasteiger partial charge in [-0.25, -0.2) is 9.18 Å². The number of carbonyl (C=O) groups is 2. The Morgan fingerprint density at radius 2 is 2.06 bits per heavy atom. The Labute approximate surface area is 203 Å². The Morgan fingerprint density at radius 1 is 1.26 bits per heavy atom. The molecule has 2 aliphatic heterocycles. The summed E-state index contributed by atoms with van der Waals surface area (Å²) in [7, 11) is 0. The van der Waals surface area contributed by atoms with E-state index >= 15 is 0 Å². The maximum Gasteiger partial charge on any atom is 0.414 e. The molecular weight excluding hydrogens is 451 g/mol. The summed E-state index contributed by atoms with van der Waals surface area (Å²) in [4.78, 5) is 25.3. The standard InChI is InChI=1S/C26H29FN4O4/c1-16(33)28-14-21-15-30(26(34)35-21)20-9-10-22-18(13-20)3-2-4-23-24(22)29-31(11-12-32)25(23)17-5-7-19(27)8-6-17/h5-10,13,21,23,25,32H,2-4,11-12,14-15H2,1H3,(H,28,33). The molecule has 9 heteroatoms. The molecule has 1 fully saturated rings. The van der Waals surface area contributed by atoms with Gasteiger partial charge < -0.3 is 15.2 Å². The van der Waals surface area contributed by atoms with Gasteiger partial charge in [-0.1, -0.05) is 18.2 Å². The van der Waals surface area contributed by atoms with Crippen molar-refractivity contribution in [2.24, 2.45) is 11.0 Å². The van der Waals surface area contributed by atoms with Crippen LogP contribution in [0.25, 0.3) is 0 Å². The second-order valence-corrected chi connectivity index (χ2v) is 9.26. The Kier molecular flexibility index (Phi) is 6.42. The molecule has 0 radical (unpaired) electrons. The second-order valence-electron chi connectivity index (χ2n) is 9.26. The molecule has 2 heterocycles. The van der Waals surface area contributed by atoms with E-state index < -0.39 is 12.2 Å². The number of nitrogens with zero attached hydrogens (tertiary/aromatic N) is 3. The van der Waals surface area contributed by atoms with E-state index in [0.717, 1.165) is 47.4 Å². The molecule has 1 saturated heterocycles. The number of β-amino-alcohol motifs (C(OH)–C–C–N with tert-alkyl or cyclic N) is 1. The third-order valence-corrected chi connectivity index (χ3v) is 6.92. The topological polar surface area (TPSA) is 94.5 Å². The zero-order valence-electron chi connectivity index (χ0n) is 19.6. The lowest BCUT2D eigenvalue weighted by Crippen LogP contribution is -2.33. The molecule has 184 valence electrons. The number of hydrogen-bond donors (Lipinski definition) is 2. The van der Waals surface area contributed by atoms with Crippen molar-refractivity contribution >= 4 is 23.4 Å². The summed E-state index contributed by atoms with van der Waals surface area (Å²) < 4.78 is 19.0. The zero-order chi connectivity index (χ0) is 24.5. The molecule has 2 N–H and O–H groups in total. The number of benzene rings is 2. The molecule has 0 saturated carbocycles. The number of hydrogen-bond acceptors (Lipinski definition) is 6. The van der Waals surface area contributed by atoms with Gasteiger partial charge in [0.15, 0.2) is 0 Å². The van der Waals surface area contributed by atoms with Gasteiger partial charge in [0.1, 0.15) is 11.9 Å². The molecule has 3 atom stereocenters. The van der Waals surface area contributed by atoms with Gasteiger partial charge in [0, 0.05) is 24.1 Å². The average molecular weight is 481 g/mol. The number of aliphatic hydroxyl groups is 1. The molecule has 3 aliphatic rings. The number of anilines is 1. The highest BCUT2D eigenvalue weighted by molar-refractivity contribution is 6.05. The number of fused-ring (bicyclic) bond motifs is 3. The van der Waals surface area contributed by atoms with E-state index in [0.29, 0.717) is 13.1 Å². The minimum absolute atomic E-state index is 0.0241. The van der Waals surface area contributed by atoms with E-state index in [1.54, 1.807) is 17.0 Å². The lowest BCUT2D eigenvalue weighted by atomic mass is 9.85. The number of halogens is 1. The average Bonchev–Trinajstić information content (AvgIpc) is 3.33. The fourth-order valence-corrected chi connectivity index (χ4v) is 5.35. The Morgan fingerprint density at radius 3 is 2.80 bits per heavy atom. The van der Waals surface area contributed by atoms with Crippen LogP contribution in [-0.4, -0.2) is 60.2 Å². The van der Waals surface area contributed by atoms with Crippen LogP contribution in [0.5, 0.6) is 0 Å². The van der Waals surface area contributed by atoms with Crippen LogP contribution in [0.15, 0.2) is 47.6 Å². The monoisotopic (exact) mass is 480 g/mol. The first kappa shape index (κ1) is 23.3. The number of nitrogens with one attached hydrogen (secondary N) is 1. The van der Waals surface area contributed by atoms with Crippen LogP contribution in [0, 0.1) is 11.7 Å². The number of cyclic esters (lactones) is 1. The van der Waals surface area contributed by atoms with Gasteiger partial charge in [-0.15, -0.1) is 0 Å². The van der Waals surface area contributed by atoms with Crippen molar-refractivity contribution in [3.8, 4) is 0 Å². The number of carbonyl (C=O) groups excluding carboxylic acids is 2. The molecule has 0 spiro atoms. The molecule has 3 unspecified atom stereocenters. The maximum atomic E-state index is 13.6. The molecule has 0 aromatic heterocycles. The zero-order valence-corrected chi connectivity index (χ0v) is 19.6. The van der Waals surface area contributed by atoms with Crippen LogP contribution in [0.4, 0.5) is 14.9 Å². The first-order chi connectivity index (χ1) is 16.9. The van der Waals surface area contributed by atoms with Crippen LogP contribution in [0.1, 0.15) is 42.5 Å². The fourth-order valence-electron chi connectivity index (χ4n) is 5.35. The largest absolute Gasteiger partial charge is 0.442 e. The van der Waals surface area contributed by atoms with Crippen molar-refractivity contribution in [2.45, 2.75) is 38.3 Å². The molecule has 0 bridgehead atoms. The van der Waals surface area contributed by atoms with E-state index in [9.17, 15) is 19.1 Å². The highest BCUT2D eigenvalue weighted by Crippen LogP contribution is 2.43. The van der Waals surface area contributed by atoms with Crippen molar-refractivity contribution in [1.82, 2.24) is 10.3 Å². The predicted molar refractivity (Wildman–Crippen MR) is 129 cm³/mol. The molecule has 2 aromatic rings. The van der Waals surface area contributed by atoms with Gasteiger partial charge in [0.05, 0.1) is 38.0 Å². The smallest absolute Gasteiger partial charge is 0.414 e. The summed E-state index contributed by atoms with van der Waals surface area (Å²) in [6.45, 7) is 2.46. The van der Waals surface area contributed by atoms with E-state index in [4.69, 9.17) is 9.84 Å². The highest BCUT2D eigenvalue weighted by Gasteiger charge is 2.40. The SMILES string of the molecule is CC(=O)NCC1CN(c2ccc3c(c2)CCCC2C3=NN(CCO)C2c2ccc(F)cc2)C(=O)O1. The summed E-state index contributed by atoms with van der Waals surface area (Å²) in [5.74, 6) is -0.316. The van der Waals surface area contributed by atoms with Crippen LogP contribution < -0.4 is 10.2 Å². The summed E-state index contributed by atoms with van der Waals surface area (Å²) in [6, 6.07) is 12.4. The molecule has 2 aromatic carbocycles. The lowest BCUT2D eigenvalue weighted by Gasteiger charge is -2.28. The van der Waals surface area contributed by atoms with Crippen LogP contribution in [0.3, 0.4) is 0 Å². The quantitative estimate of drug-likeness (QED) is 0.663. The van der Waals surface area contributed by atoms with Crippen LogP contribution in [-0.2, 0) is 16.0 Å². The fraction of sp³-hybridized carbons (Fsp3) is 0.423. The van der Waals surface area contributed by atoms with E-state index in [1.807, 2.05) is 23.2 Å². The first-order valence-corrected chi connectivity index (χ1v) is 12.0. The molecule has 1 aliphatic carbocycles. The van der Waals surface area contributed by atoms with E-state index in [-0.39, 0.29) is 36.8 Å². The number of ether oxygens (including phenoxy) is 1. The van der Waals surface area contributed by atoms with Crippen molar-refractivity contribution < 1.29 is 23.8 Å². The predicted octanol–water partition coefficient (Wildman–Crippen LogP) is 2.99. The van der Waals surface area contributed by atoms with Crippen molar-refractivity contribution in [2.75, 3.05) is 31.1 Å². The van der Waals surface area contributed by atoms with Gasteiger partial charge in [-0.2, -0.15) is 5.10 Å². The third kappa shape index (κ3) is 4.60. The molecule has 8 nitrogen and oxygen atoms in total. The Hall–Kier alpha value is -3.46. The van der Waals surface area contributed by atoms with Gasteiger partial charge in [-0.3, -0.25) is 14.7 Å². The number of amides is 2. The van der Waals surface area contributed by atoms with Crippen LogP contribution in [0.2, 0.25) is 0 Å². The summed E-state index contributed by atoms with van der Waals surface area (Å²) in [5, 5.41) is 19.2. The number of rotatable bonds is 6. The van der Waals surface area contributed by atoms with E-state index in [2.05, 4.69) is 5.32 Å². The normalized spacial score (nSPS) is 23.3. The minimum Gasteiger partial charge on any atom is -0.442 e. The maximum absolute atomic E-state index is 13.6. The molecule has 5 rings (SSSR count). The van der Waals surface area contributed by atoms with Gasteiger partial charge in [0.2, 0.25) is 5.91 Å². The van der Waals surface area contributed by atoms with E-state index in [1.165, 1.54) is 19.1 Å². The minimum atomic E-state index is -0.421. The molecule has 35 heavy (non-hydrogen) atoms. The summed E-state index contributed by atoms with van der Waals surface area (Å²) >= 11 is 0. The summed E-state index contributed by atoms with van der Waals surface area (Å²) in [5.41, 5.74) is 4.88. The highest BCUT2D eigenvalue weighted by atomic mass is 19.1. The Bertz CT molecular complexity index is 1150. The number of hydrazone groups is 1. The van der Waals surface area contributed by atoms with Crippen molar-refractivity contribution in [1.29, 1.82) is 0 Å². The van der Waals surface area contributed by atoms with Gasteiger partial charge in [0.25, 0.3) is 0 Å². The van der Waals surface area contributed by atoms with Crippen molar-refractivity contribution in [3.63, 3.8) is 0 Å². The summed E-state index contributed by atoms with van der Waals surface area (Å²) in [6.07, 6.45) is 1.90. The first-order valence-electron chi connectivity index (χ1n) is 12.0. The number of aryl methyl sites for hydroxylation is 1. The van der Waals surface area contributed by atoms with Crippen LogP contribution >= 0.6 is 0 Å². The van der Waals surface area contributed by atoms with Crippen molar-refractivity contribution in [3.05, 3.63) is 65.0 Å². The Balaban J connectivity index is 1.42. The molecular formula is C26H29FN4O4. The number of aliphatic hydroxyl groups excluding tert-OH is 1. The third-order valence-electron chi connectivity index (χ3n) is 6.92. The molecule has 2 amide bonds. The second kappa shape index (κ2) is 9.65.